The molecule has 4 amide bonds. The number of carbonyl (C=O) groups excluding carboxylic acids is 6. The van der Waals surface area contributed by atoms with Crippen LogP contribution >= 0.6 is 46.4 Å². The van der Waals surface area contributed by atoms with Crippen LogP contribution in [0.1, 0.15) is 59.5 Å². The van der Waals surface area contributed by atoms with Gasteiger partial charge in [0.15, 0.2) is 11.6 Å². The first-order valence-corrected chi connectivity index (χ1v) is 22.9. The van der Waals surface area contributed by atoms with Gasteiger partial charge in [-0.05, 0) is 112 Å². The third-order valence-corrected chi connectivity index (χ3v) is 10.6. The number of halogens is 4. The van der Waals surface area contributed by atoms with Gasteiger partial charge in [-0.3, -0.25) is 28.8 Å². The Bertz CT molecular complexity index is 2570. The Morgan fingerprint density at radius 2 is 0.941 bits per heavy atom. The molecule has 0 radical (unpaired) electrons. The lowest BCUT2D eigenvalue weighted by atomic mass is 10.1. The van der Waals surface area contributed by atoms with Gasteiger partial charge < -0.3 is 30.7 Å². The third kappa shape index (κ3) is 14.6. The van der Waals surface area contributed by atoms with Crippen LogP contribution in [0, 0.1) is 0 Å². The Labute approximate surface area is 412 Å². The first-order valence-electron chi connectivity index (χ1n) is 21.0. The molecule has 0 saturated heterocycles. The van der Waals surface area contributed by atoms with Crippen LogP contribution in [-0.4, -0.2) is 72.3 Å². The summed E-state index contributed by atoms with van der Waals surface area (Å²) in [6.07, 6.45) is 1.24. The molecular formula is C48H46Cl4N8O8. The fourth-order valence-electron chi connectivity index (χ4n) is 6.28. The second kappa shape index (κ2) is 25.4. The molecule has 16 nitrogen and oxygen atoms in total. The number of nitrogens with one attached hydrogen (secondary N) is 4. The molecule has 5 aromatic carbocycles. The van der Waals surface area contributed by atoms with Crippen molar-refractivity contribution in [2.45, 2.75) is 52.6 Å². The Morgan fingerprint density at radius 3 is 1.29 bits per heavy atom. The predicted octanol–water partition coefficient (Wildman–Crippen LogP) is 11.2. The van der Waals surface area contributed by atoms with Crippen LogP contribution in [0.4, 0.5) is 34.1 Å². The zero-order valence-corrected chi connectivity index (χ0v) is 40.2. The molecule has 0 fully saturated rings. The Kier molecular flexibility index (Phi) is 19.5. The molecule has 0 spiro atoms. The number of rotatable bonds is 22. The van der Waals surface area contributed by atoms with E-state index in [1.807, 2.05) is 12.1 Å². The molecule has 0 aliphatic heterocycles. The van der Waals surface area contributed by atoms with E-state index in [2.05, 4.69) is 41.7 Å². The zero-order valence-electron chi connectivity index (χ0n) is 37.2. The highest BCUT2D eigenvalue weighted by Gasteiger charge is 2.28. The van der Waals surface area contributed by atoms with E-state index in [1.54, 1.807) is 50.2 Å². The maximum absolute atomic E-state index is 13.7. The van der Waals surface area contributed by atoms with Crippen molar-refractivity contribution in [1.82, 2.24) is 0 Å². The summed E-state index contributed by atoms with van der Waals surface area (Å²) >= 11 is 24.5. The summed E-state index contributed by atoms with van der Waals surface area (Å²) in [6.45, 7) is 5.86. The van der Waals surface area contributed by atoms with Gasteiger partial charge in [-0.2, -0.15) is 20.5 Å². The molecule has 2 atom stereocenters. The largest absolute Gasteiger partial charge is 0.492 e. The van der Waals surface area contributed by atoms with Crippen LogP contribution < -0.4 is 30.7 Å². The molecule has 68 heavy (non-hydrogen) atoms. The van der Waals surface area contributed by atoms with Crippen molar-refractivity contribution < 1.29 is 38.2 Å². The second-order valence-electron chi connectivity index (χ2n) is 14.7. The van der Waals surface area contributed by atoms with Crippen LogP contribution in [0.15, 0.2) is 118 Å². The zero-order chi connectivity index (χ0) is 49.3. The number of amides is 4. The van der Waals surface area contributed by atoms with Gasteiger partial charge in [-0.1, -0.05) is 47.5 Å². The topological polar surface area (TPSA) is 218 Å². The van der Waals surface area contributed by atoms with Gasteiger partial charge in [-0.15, -0.1) is 23.2 Å². The second-order valence-corrected chi connectivity index (χ2v) is 16.2. The minimum absolute atomic E-state index is 0.0200. The van der Waals surface area contributed by atoms with E-state index in [4.69, 9.17) is 55.9 Å². The van der Waals surface area contributed by atoms with Crippen molar-refractivity contribution in [1.29, 1.82) is 0 Å². The molecule has 5 rings (SSSR count). The smallest absolute Gasteiger partial charge is 0.258 e. The first kappa shape index (κ1) is 52.3. The number of alkyl halides is 2. The third-order valence-electron chi connectivity index (χ3n) is 9.58. The highest BCUT2D eigenvalue weighted by atomic mass is 35.5. The lowest BCUT2D eigenvalue weighted by Gasteiger charge is -2.19. The number of benzene rings is 5. The molecule has 354 valence electrons. The van der Waals surface area contributed by atoms with E-state index in [0.717, 1.165) is 25.0 Å². The van der Waals surface area contributed by atoms with E-state index in [9.17, 15) is 28.8 Å². The van der Waals surface area contributed by atoms with E-state index in [0.29, 0.717) is 36.0 Å². The van der Waals surface area contributed by atoms with Crippen molar-refractivity contribution in [2.24, 2.45) is 20.5 Å². The number of ether oxygens (including phenoxy) is 2. The number of azo groups is 2. The molecular weight excluding hydrogens is 958 g/mol. The molecule has 0 heterocycles. The maximum Gasteiger partial charge on any atom is 0.258 e. The van der Waals surface area contributed by atoms with Gasteiger partial charge in [0.2, 0.25) is 12.1 Å². The summed E-state index contributed by atoms with van der Waals surface area (Å²) in [6, 6.07) is 22.4. The van der Waals surface area contributed by atoms with Gasteiger partial charge in [0, 0.05) is 46.4 Å². The van der Waals surface area contributed by atoms with E-state index in [-0.39, 0.29) is 68.6 Å². The van der Waals surface area contributed by atoms with Crippen molar-refractivity contribution >= 4 is 116 Å². The fraction of sp³-hybridized carbons (Fsp3) is 0.250. The molecule has 0 saturated carbocycles. The lowest BCUT2D eigenvalue weighted by molar-refractivity contribution is -0.127. The molecule has 5 aromatic rings. The molecule has 4 N–H and O–H groups in total. The van der Waals surface area contributed by atoms with Crippen LogP contribution in [0.25, 0.3) is 0 Å². The van der Waals surface area contributed by atoms with Crippen LogP contribution in [0.5, 0.6) is 11.5 Å². The van der Waals surface area contributed by atoms with Crippen molar-refractivity contribution in [3.8, 4) is 11.5 Å². The summed E-state index contributed by atoms with van der Waals surface area (Å²) in [5.74, 6) is -3.17. The number of anilines is 4. The Morgan fingerprint density at radius 1 is 0.544 bits per heavy atom. The quantitative estimate of drug-likeness (QED) is 0.0296. The van der Waals surface area contributed by atoms with E-state index in [1.165, 1.54) is 48.5 Å². The molecule has 0 bridgehead atoms. The number of carbonyl (C=O) groups is 6. The molecule has 2 unspecified atom stereocenters. The highest BCUT2D eigenvalue weighted by Crippen LogP contribution is 2.38. The first-order chi connectivity index (χ1) is 32.6. The standard InChI is InChI=1S/C48H46Cl4N8O8/c1-5-67-41-25-40(56-48(66)44(28(4)62)60-58-38-24-32(14-16-36(38)52)46(64)54-34-12-8-10-30(22-34)18-20-50)42(68-6-2)26-39(41)55-47(65)43(27(3)61)59-57-37-23-31(13-15-35(37)51)45(63)53-33-11-7-9-29(21-33)17-19-49/h7-16,21-26,43-44H,5-6,17-20H2,1-4H3,(H,53,63)(H,54,64)(H,55,65)(H,56,66). The summed E-state index contributed by atoms with van der Waals surface area (Å²) < 4.78 is 11.6. The van der Waals surface area contributed by atoms with Crippen LogP contribution in [-0.2, 0) is 32.0 Å². The minimum Gasteiger partial charge on any atom is -0.492 e. The number of nitrogens with zero attached hydrogens (tertiary/aromatic N) is 4. The Hall–Kier alpha value is -6.72. The minimum atomic E-state index is -1.68. The normalized spacial score (nSPS) is 12.0. The summed E-state index contributed by atoms with van der Waals surface area (Å²) in [7, 11) is 0. The Balaban J connectivity index is 1.33. The van der Waals surface area contributed by atoms with Gasteiger partial charge in [0.25, 0.3) is 23.6 Å². The SMILES string of the molecule is CCOc1cc(NC(=O)C(N=Nc2cc(C(=O)Nc3cccc(CCCl)c3)ccc2Cl)C(C)=O)c(OCC)cc1NC(=O)C(N=Nc1cc(C(=O)Nc2cccc(CCCl)c2)ccc1Cl)C(C)=O. The number of Topliss-reactive ketones (excluding diaryl/α,β-unsaturated/α-hetero) is 2. The fourth-order valence-corrected chi connectivity index (χ4v) is 7.03. The molecule has 0 aliphatic carbocycles. The van der Waals surface area contributed by atoms with Crippen LogP contribution in [0.2, 0.25) is 10.0 Å². The highest BCUT2D eigenvalue weighted by molar-refractivity contribution is 6.33. The summed E-state index contributed by atoms with van der Waals surface area (Å²) in [5, 5.41) is 27.2. The van der Waals surface area contributed by atoms with E-state index < -0.39 is 47.3 Å². The molecule has 20 heteroatoms. The predicted molar refractivity (Wildman–Crippen MR) is 265 cm³/mol. The van der Waals surface area contributed by atoms with Crippen molar-refractivity contribution in [3.63, 3.8) is 0 Å². The van der Waals surface area contributed by atoms with Crippen molar-refractivity contribution in [2.75, 3.05) is 46.2 Å². The molecule has 0 aliphatic rings. The van der Waals surface area contributed by atoms with E-state index >= 15 is 0 Å². The maximum atomic E-state index is 13.7. The number of hydrogen-bond donors (Lipinski definition) is 4. The number of aryl methyl sites for hydroxylation is 2. The van der Waals surface area contributed by atoms with Gasteiger partial charge in [0.1, 0.15) is 22.9 Å². The monoisotopic (exact) mass is 1000 g/mol. The number of hydrogen-bond acceptors (Lipinski definition) is 12. The number of ketones is 2. The average molecular weight is 1000 g/mol. The van der Waals surface area contributed by atoms with Gasteiger partial charge >= 0.3 is 0 Å². The van der Waals surface area contributed by atoms with Crippen LogP contribution in [0.3, 0.4) is 0 Å². The lowest BCUT2D eigenvalue weighted by Crippen LogP contribution is -2.32. The molecule has 0 aromatic heterocycles. The average Bonchev–Trinajstić information content (AvgIpc) is 3.29. The van der Waals surface area contributed by atoms with Gasteiger partial charge in [-0.25, -0.2) is 0 Å². The summed E-state index contributed by atoms with van der Waals surface area (Å²) in [5.41, 5.74) is 3.47. The summed E-state index contributed by atoms with van der Waals surface area (Å²) in [4.78, 5) is 79.3. The van der Waals surface area contributed by atoms with Gasteiger partial charge in [0.05, 0.1) is 34.6 Å². The van der Waals surface area contributed by atoms with Crippen molar-refractivity contribution in [3.05, 3.63) is 129 Å².